The zero-order valence-electron chi connectivity index (χ0n) is 10.8. The number of nitrogens with zero attached hydrogens (tertiary/aromatic N) is 2. The number of hydrogen-bond acceptors (Lipinski definition) is 3. The van der Waals surface area contributed by atoms with Gasteiger partial charge >= 0.3 is 0 Å². The van der Waals surface area contributed by atoms with Crippen LogP contribution in [0.25, 0.3) is 0 Å². The Labute approximate surface area is 99.0 Å². The van der Waals surface area contributed by atoms with Crippen LogP contribution in [0.3, 0.4) is 0 Å². The third kappa shape index (κ3) is 3.46. The van der Waals surface area contributed by atoms with E-state index in [1.54, 1.807) is 0 Å². The third-order valence-corrected chi connectivity index (χ3v) is 3.25. The lowest BCUT2D eigenvalue weighted by Gasteiger charge is -2.39. The molecule has 0 radical (unpaired) electrons. The Morgan fingerprint density at radius 2 is 1.81 bits per heavy atom. The fraction of sp³-hybridized carbons (Fsp3) is 0.917. The Morgan fingerprint density at radius 3 is 2.38 bits per heavy atom. The number of nitrogens with one attached hydrogen (secondary N) is 1. The fourth-order valence-electron chi connectivity index (χ4n) is 2.31. The maximum Gasteiger partial charge on any atom is 0.236 e. The van der Waals surface area contributed by atoms with Gasteiger partial charge in [0.2, 0.25) is 5.91 Å². The molecule has 0 unspecified atom stereocenters. The molecule has 0 saturated carbocycles. The van der Waals surface area contributed by atoms with E-state index in [2.05, 4.69) is 22.2 Å². The summed E-state index contributed by atoms with van der Waals surface area (Å²) in [7, 11) is 2.15. The van der Waals surface area contributed by atoms with Crippen molar-refractivity contribution < 1.29 is 4.79 Å². The first-order valence-electron chi connectivity index (χ1n) is 6.46. The van der Waals surface area contributed by atoms with Crippen LogP contribution in [0.4, 0.5) is 0 Å². The summed E-state index contributed by atoms with van der Waals surface area (Å²) in [6.07, 6.45) is 2.28. The standard InChI is InChI=1S/C10H19N3O.C2H6/c1-12-5-2-9(3-6-12)13-7-4-11-8-10(13)14;1-2/h9,11H,2-8H2,1H3;1-2H3. The summed E-state index contributed by atoms with van der Waals surface area (Å²) in [5.41, 5.74) is 0. The van der Waals surface area contributed by atoms with Crippen molar-refractivity contribution in [2.45, 2.75) is 32.7 Å². The highest BCUT2D eigenvalue weighted by atomic mass is 16.2. The van der Waals surface area contributed by atoms with Gasteiger partial charge in [0.25, 0.3) is 0 Å². The zero-order chi connectivity index (χ0) is 12.0. The molecule has 4 heteroatoms. The lowest BCUT2D eigenvalue weighted by atomic mass is 10.0. The normalized spacial score (nSPS) is 23.9. The predicted molar refractivity (Wildman–Crippen MR) is 66.4 cm³/mol. The Morgan fingerprint density at radius 1 is 1.19 bits per heavy atom. The first-order valence-corrected chi connectivity index (χ1v) is 6.46. The van der Waals surface area contributed by atoms with Gasteiger partial charge in [-0.05, 0) is 33.0 Å². The number of piperidine rings is 1. The van der Waals surface area contributed by atoms with E-state index >= 15 is 0 Å². The topological polar surface area (TPSA) is 35.6 Å². The number of carbonyl (C=O) groups is 1. The van der Waals surface area contributed by atoms with Gasteiger partial charge in [0.05, 0.1) is 6.54 Å². The number of carbonyl (C=O) groups excluding carboxylic acids is 1. The van der Waals surface area contributed by atoms with Crippen molar-refractivity contribution >= 4 is 5.91 Å². The smallest absolute Gasteiger partial charge is 0.236 e. The minimum absolute atomic E-state index is 0.283. The van der Waals surface area contributed by atoms with Crippen LogP contribution in [0.1, 0.15) is 26.7 Å². The average molecular weight is 227 g/mol. The monoisotopic (exact) mass is 227 g/mol. The summed E-state index contributed by atoms with van der Waals surface area (Å²) >= 11 is 0. The van der Waals surface area contributed by atoms with Gasteiger partial charge in [-0.1, -0.05) is 13.8 Å². The highest BCUT2D eigenvalue weighted by molar-refractivity contribution is 5.79. The second kappa shape index (κ2) is 6.86. The summed E-state index contributed by atoms with van der Waals surface area (Å²) in [6.45, 7) is 8.64. The van der Waals surface area contributed by atoms with Crippen LogP contribution >= 0.6 is 0 Å². The largest absolute Gasteiger partial charge is 0.337 e. The molecule has 0 aliphatic carbocycles. The average Bonchev–Trinajstić information content (AvgIpc) is 2.34. The van der Waals surface area contributed by atoms with E-state index in [1.165, 1.54) is 0 Å². The lowest BCUT2D eigenvalue weighted by molar-refractivity contribution is -0.135. The predicted octanol–water partition coefficient (Wildman–Crippen LogP) is 0.539. The molecule has 1 amide bonds. The van der Waals surface area contributed by atoms with Crippen LogP contribution in [0.15, 0.2) is 0 Å². The van der Waals surface area contributed by atoms with Crippen molar-refractivity contribution in [1.82, 2.24) is 15.1 Å². The second-order valence-electron chi connectivity index (χ2n) is 4.30. The molecule has 2 aliphatic heterocycles. The van der Waals surface area contributed by atoms with E-state index in [0.717, 1.165) is 39.0 Å². The van der Waals surface area contributed by atoms with Gasteiger partial charge in [-0.2, -0.15) is 0 Å². The van der Waals surface area contributed by atoms with Crippen LogP contribution in [-0.4, -0.2) is 61.5 Å². The van der Waals surface area contributed by atoms with Crippen molar-refractivity contribution in [1.29, 1.82) is 0 Å². The van der Waals surface area contributed by atoms with Crippen molar-refractivity contribution in [3.05, 3.63) is 0 Å². The summed E-state index contributed by atoms with van der Waals surface area (Å²) in [4.78, 5) is 16.0. The third-order valence-electron chi connectivity index (χ3n) is 3.25. The molecule has 2 rings (SSSR count). The van der Waals surface area contributed by atoms with Gasteiger partial charge < -0.3 is 15.1 Å². The van der Waals surface area contributed by atoms with E-state index < -0.39 is 0 Å². The fourth-order valence-corrected chi connectivity index (χ4v) is 2.31. The molecule has 2 heterocycles. The first-order chi connectivity index (χ1) is 7.77. The molecule has 0 aromatic carbocycles. The maximum atomic E-state index is 11.6. The summed E-state index contributed by atoms with van der Waals surface area (Å²) < 4.78 is 0. The molecule has 2 fully saturated rings. The molecule has 16 heavy (non-hydrogen) atoms. The van der Waals surface area contributed by atoms with Crippen LogP contribution in [-0.2, 0) is 4.79 Å². The van der Waals surface area contributed by atoms with Gasteiger partial charge in [0, 0.05) is 19.1 Å². The molecule has 1 N–H and O–H groups in total. The van der Waals surface area contributed by atoms with Crippen molar-refractivity contribution in [3.8, 4) is 0 Å². The van der Waals surface area contributed by atoms with Crippen molar-refractivity contribution in [3.63, 3.8) is 0 Å². The Bertz CT molecular complexity index is 212. The second-order valence-corrected chi connectivity index (χ2v) is 4.30. The molecule has 0 bridgehead atoms. The van der Waals surface area contributed by atoms with E-state index in [-0.39, 0.29) is 5.91 Å². The molecule has 0 spiro atoms. The van der Waals surface area contributed by atoms with Crippen LogP contribution < -0.4 is 5.32 Å². The molecular formula is C12H25N3O. The van der Waals surface area contributed by atoms with Gasteiger partial charge in [-0.25, -0.2) is 0 Å². The molecule has 0 aromatic heterocycles. The molecule has 2 saturated heterocycles. The van der Waals surface area contributed by atoms with Gasteiger partial charge in [0.15, 0.2) is 0 Å². The van der Waals surface area contributed by atoms with Crippen molar-refractivity contribution in [2.24, 2.45) is 0 Å². The number of amides is 1. The minimum Gasteiger partial charge on any atom is -0.337 e. The van der Waals surface area contributed by atoms with E-state index in [0.29, 0.717) is 12.6 Å². The quantitative estimate of drug-likeness (QED) is 0.710. The number of likely N-dealkylation sites (tertiary alicyclic amines) is 1. The molecule has 4 nitrogen and oxygen atoms in total. The minimum atomic E-state index is 0.283. The lowest BCUT2D eigenvalue weighted by Crippen LogP contribution is -2.54. The highest BCUT2D eigenvalue weighted by Crippen LogP contribution is 2.16. The highest BCUT2D eigenvalue weighted by Gasteiger charge is 2.27. The molecule has 0 atom stereocenters. The zero-order valence-corrected chi connectivity index (χ0v) is 10.8. The van der Waals surface area contributed by atoms with Gasteiger partial charge in [-0.3, -0.25) is 4.79 Å². The Kier molecular flexibility index (Phi) is 5.77. The van der Waals surface area contributed by atoms with Gasteiger partial charge in [-0.15, -0.1) is 0 Å². The Balaban J connectivity index is 0.000000606. The first kappa shape index (κ1) is 13.5. The van der Waals surface area contributed by atoms with Crippen LogP contribution in [0.2, 0.25) is 0 Å². The Hall–Kier alpha value is -0.610. The molecule has 94 valence electrons. The summed E-state index contributed by atoms with van der Waals surface area (Å²) in [6, 6.07) is 0.501. The number of piperazine rings is 1. The SMILES string of the molecule is CC.CN1CCC(N2CCNCC2=O)CC1. The van der Waals surface area contributed by atoms with Crippen LogP contribution in [0, 0.1) is 0 Å². The van der Waals surface area contributed by atoms with E-state index in [4.69, 9.17) is 0 Å². The van der Waals surface area contributed by atoms with Crippen molar-refractivity contribution in [2.75, 3.05) is 39.8 Å². The molecule has 0 aromatic rings. The summed E-state index contributed by atoms with van der Waals surface area (Å²) in [5.74, 6) is 0.283. The van der Waals surface area contributed by atoms with Crippen LogP contribution in [0.5, 0.6) is 0 Å². The molecular weight excluding hydrogens is 202 g/mol. The molecule has 2 aliphatic rings. The number of hydrogen-bond donors (Lipinski definition) is 1. The van der Waals surface area contributed by atoms with E-state index in [1.807, 2.05) is 13.8 Å². The number of rotatable bonds is 1. The van der Waals surface area contributed by atoms with Gasteiger partial charge in [0.1, 0.15) is 0 Å². The van der Waals surface area contributed by atoms with E-state index in [9.17, 15) is 4.79 Å². The summed E-state index contributed by atoms with van der Waals surface area (Å²) in [5, 5.41) is 3.11. The maximum absolute atomic E-state index is 11.6.